The lowest BCUT2D eigenvalue weighted by atomic mass is 10.1. The first-order valence-electron chi connectivity index (χ1n) is 8.92. The van der Waals surface area contributed by atoms with Gasteiger partial charge in [0.25, 0.3) is 5.91 Å². The van der Waals surface area contributed by atoms with Crippen LogP contribution in [0.4, 0.5) is 0 Å². The Labute approximate surface area is 159 Å². The average Bonchev–Trinajstić information content (AvgIpc) is 3.00. The lowest BCUT2D eigenvalue weighted by Gasteiger charge is -2.15. The third kappa shape index (κ3) is 4.03. The van der Waals surface area contributed by atoms with E-state index in [2.05, 4.69) is 27.9 Å². The van der Waals surface area contributed by atoms with Crippen LogP contribution in [-0.2, 0) is 11.8 Å². The van der Waals surface area contributed by atoms with Crippen LogP contribution >= 0.6 is 0 Å². The van der Waals surface area contributed by atoms with Crippen molar-refractivity contribution < 1.29 is 9.53 Å². The Kier molecular flexibility index (Phi) is 5.31. The number of nitrogens with zero attached hydrogens (tertiary/aromatic N) is 3. The first kappa shape index (κ1) is 18.7. The minimum Gasteiger partial charge on any atom is -0.483 e. The second kappa shape index (κ2) is 7.66. The molecule has 0 saturated carbocycles. The normalized spacial score (nSPS) is 11.3. The number of likely N-dealkylation sites (N-methyl/N-ethyl adjacent to an activating group) is 1. The van der Waals surface area contributed by atoms with Gasteiger partial charge in [-0.05, 0) is 44.0 Å². The van der Waals surface area contributed by atoms with Gasteiger partial charge in [-0.3, -0.25) is 4.79 Å². The number of hydrogen-bond donors (Lipinski definition) is 0. The highest BCUT2D eigenvalue weighted by molar-refractivity contribution is 5.99. The third-order valence-electron chi connectivity index (χ3n) is 4.64. The van der Waals surface area contributed by atoms with Crippen LogP contribution < -0.4 is 4.74 Å². The molecule has 140 valence electrons. The van der Waals surface area contributed by atoms with Gasteiger partial charge in [-0.2, -0.15) is 5.10 Å². The van der Waals surface area contributed by atoms with Gasteiger partial charge in [0.2, 0.25) is 0 Å². The molecule has 0 fully saturated rings. The number of hydrogen-bond acceptors (Lipinski definition) is 3. The molecule has 2 aromatic carbocycles. The van der Waals surface area contributed by atoms with Crippen molar-refractivity contribution in [2.24, 2.45) is 12.1 Å². The number of hydrazone groups is 1. The highest BCUT2D eigenvalue weighted by Crippen LogP contribution is 2.24. The molecule has 0 unspecified atom stereocenters. The molecule has 0 saturated heterocycles. The Morgan fingerprint density at radius 2 is 1.89 bits per heavy atom. The van der Waals surface area contributed by atoms with Crippen molar-refractivity contribution in [3.05, 3.63) is 64.8 Å². The fourth-order valence-corrected chi connectivity index (χ4v) is 3.27. The quantitative estimate of drug-likeness (QED) is 0.509. The molecule has 1 aromatic heterocycles. The summed E-state index contributed by atoms with van der Waals surface area (Å²) in [5, 5.41) is 6.72. The van der Waals surface area contributed by atoms with Crippen molar-refractivity contribution in [2.45, 2.75) is 20.8 Å². The Morgan fingerprint density at radius 3 is 2.59 bits per heavy atom. The van der Waals surface area contributed by atoms with E-state index in [0.29, 0.717) is 0 Å². The van der Waals surface area contributed by atoms with Gasteiger partial charge in [0, 0.05) is 36.8 Å². The van der Waals surface area contributed by atoms with E-state index >= 15 is 0 Å². The molecular formula is C22H25N3O2. The van der Waals surface area contributed by atoms with Crippen molar-refractivity contribution in [3.63, 3.8) is 0 Å². The monoisotopic (exact) mass is 363 g/mol. The summed E-state index contributed by atoms with van der Waals surface area (Å²) in [6.07, 6.45) is 3.72. The lowest BCUT2D eigenvalue weighted by Crippen LogP contribution is -2.27. The van der Waals surface area contributed by atoms with E-state index < -0.39 is 0 Å². The molecule has 0 radical (unpaired) electrons. The van der Waals surface area contributed by atoms with E-state index in [9.17, 15) is 4.79 Å². The first-order chi connectivity index (χ1) is 12.9. The van der Waals surface area contributed by atoms with Crippen LogP contribution in [0.15, 0.2) is 47.7 Å². The molecule has 5 heteroatoms. The minimum atomic E-state index is -0.203. The molecule has 0 aliphatic heterocycles. The molecular weight excluding hydrogens is 338 g/mol. The molecule has 27 heavy (non-hydrogen) atoms. The SMILES string of the molecule is Cc1cc(C)c(OCC(=O)N(C)/N=C/c2cccc3c2ccn3C)c(C)c1. The molecule has 0 aliphatic carbocycles. The van der Waals surface area contributed by atoms with Crippen molar-refractivity contribution >= 4 is 23.0 Å². The van der Waals surface area contributed by atoms with Gasteiger partial charge >= 0.3 is 0 Å². The fourth-order valence-electron chi connectivity index (χ4n) is 3.27. The number of aryl methyl sites for hydroxylation is 4. The molecule has 0 aliphatic rings. The van der Waals surface area contributed by atoms with Crippen LogP contribution in [0.2, 0.25) is 0 Å². The number of amides is 1. The number of rotatable bonds is 5. The molecule has 5 nitrogen and oxygen atoms in total. The first-order valence-corrected chi connectivity index (χ1v) is 8.92. The Balaban J connectivity index is 1.68. The maximum absolute atomic E-state index is 12.4. The second-order valence-electron chi connectivity index (χ2n) is 6.89. The van der Waals surface area contributed by atoms with Crippen LogP contribution in [0.3, 0.4) is 0 Å². The Hall–Kier alpha value is -3.08. The summed E-state index contributed by atoms with van der Waals surface area (Å²) in [6, 6.07) is 12.2. The van der Waals surface area contributed by atoms with Gasteiger partial charge < -0.3 is 9.30 Å². The number of fused-ring (bicyclic) bond motifs is 1. The summed E-state index contributed by atoms with van der Waals surface area (Å²) in [6.45, 7) is 5.98. The number of carbonyl (C=O) groups is 1. The second-order valence-corrected chi connectivity index (χ2v) is 6.89. The van der Waals surface area contributed by atoms with E-state index in [0.717, 1.165) is 33.3 Å². The van der Waals surface area contributed by atoms with Crippen LogP contribution in [0, 0.1) is 20.8 Å². The Morgan fingerprint density at radius 1 is 1.19 bits per heavy atom. The number of carbonyl (C=O) groups excluding carboxylic acids is 1. The van der Waals surface area contributed by atoms with Crippen molar-refractivity contribution in [2.75, 3.05) is 13.7 Å². The maximum Gasteiger partial charge on any atom is 0.280 e. The molecule has 3 rings (SSSR count). The van der Waals surface area contributed by atoms with E-state index in [1.807, 2.05) is 52.2 Å². The standard InChI is InChI=1S/C22H25N3O2/c1-15-11-16(2)22(17(3)12-15)27-14-21(26)25(5)23-13-18-7-6-8-20-19(18)9-10-24(20)4/h6-13H,14H2,1-5H3/b23-13+. The van der Waals surface area contributed by atoms with Crippen molar-refractivity contribution in [3.8, 4) is 5.75 Å². The smallest absolute Gasteiger partial charge is 0.280 e. The van der Waals surface area contributed by atoms with Gasteiger partial charge in [-0.15, -0.1) is 0 Å². The highest BCUT2D eigenvalue weighted by Gasteiger charge is 2.11. The lowest BCUT2D eigenvalue weighted by molar-refractivity contribution is -0.132. The minimum absolute atomic E-state index is 0.0475. The van der Waals surface area contributed by atoms with Crippen LogP contribution in [0.1, 0.15) is 22.3 Å². The summed E-state index contributed by atoms with van der Waals surface area (Å²) in [7, 11) is 3.65. The molecule has 1 amide bonds. The van der Waals surface area contributed by atoms with E-state index in [-0.39, 0.29) is 12.5 Å². The summed E-state index contributed by atoms with van der Waals surface area (Å²) >= 11 is 0. The molecule has 0 N–H and O–H groups in total. The van der Waals surface area contributed by atoms with Crippen molar-refractivity contribution in [1.29, 1.82) is 0 Å². The molecule has 0 bridgehead atoms. The predicted molar refractivity (Wildman–Crippen MR) is 109 cm³/mol. The van der Waals surface area contributed by atoms with E-state index in [1.165, 1.54) is 10.6 Å². The zero-order valence-electron chi connectivity index (χ0n) is 16.5. The Bertz CT molecular complexity index is 995. The van der Waals surface area contributed by atoms with Gasteiger partial charge in [-0.1, -0.05) is 29.8 Å². The van der Waals surface area contributed by atoms with E-state index in [4.69, 9.17) is 4.74 Å². The number of benzene rings is 2. The highest BCUT2D eigenvalue weighted by atomic mass is 16.5. The maximum atomic E-state index is 12.4. The number of aromatic nitrogens is 1. The number of ether oxygens (including phenoxy) is 1. The predicted octanol–water partition coefficient (Wildman–Crippen LogP) is 3.97. The topological polar surface area (TPSA) is 46.8 Å². The van der Waals surface area contributed by atoms with Gasteiger partial charge in [0.1, 0.15) is 5.75 Å². The van der Waals surface area contributed by atoms with Gasteiger partial charge in [-0.25, -0.2) is 5.01 Å². The summed E-state index contributed by atoms with van der Waals surface area (Å²) < 4.78 is 7.82. The van der Waals surface area contributed by atoms with Crippen LogP contribution in [0.25, 0.3) is 10.9 Å². The average molecular weight is 363 g/mol. The molecule has 0 spiro atoms. The fraction of sp³-hybridized carbons (Fsp3) is 0.273. The van der Waals surface area contributed by atoms with Gasteiger partial charge in [0.15, 0.2) is 6.61 Å². The summed E-state index contributed by atoms with van der Waals surface area (Å²) in [5.74, 6) is 0.561. The summed E-state index contributed by atoms with van der Waals surface area (Å²) in [4.78, 5) is 12.4. The molecule has 0 atom stereocenters. The largest absolute Gasteiger partial charge is 0.483 e. The third-order valence-corrected chi connectivity index (χ3v) is 4.64. The zero-order valence-corrected chi connectivity index (χ0v) is 16.5. The van der Waals surface area contributed by atoms with Crippen LogP contribution in [0.5, 0.6) is 5.75 Å². The van der Waals surface area contributed by atoms with Crippen LogP contribution in [-0.4, -0.2) is 35.4 Å². The van der Waals surface area contributed by atoms with E-state index in [1.54, 1.807) is 13.3 Å². The molecule has 1 heterocycles. The zero-order chi connectivity index (χ0) is 19.6. The summed E-state index contributed by atoms with van der Waals surface area (Å²) in [5.41, 5.74) is 5.34. The van der Waals surface area contributed by atoms with Crippen molar-refractivity contribution in [1.82, 2.24) is 9.58 Å². The molecule has 3 aromatic rings. The van der Waals surface area contributed by atoms with Gasteiger partial charge in [0.05, 0.1) is 6.21 Å².